The molecular formula is C18H16ClN3S. The fourth-order valence-electron chi connectivity index (χ4n) is 3.47. The Morgan fingerprint density at radius 1 is 1.13 bits per heavy atom. The average molecular weight is 342 g/mol. The van der Waals surface area contributed by atoms with Crippen LogP contribution < -0.4 is 11.2 Å². The second-order valence-electron chi connectivity index (χ2n) is 5.83. The largest absolute Gasteiger partial charge is 0.375 e. The molecule has 1 heterocycles. The summed E-state index contributed by atoms with van der Waals surface area (Å²) in [7, 11) is 0. The fourth-order valence-corrected chi connectivity index (χ4v) is 3.75. The summed E-state index contributed by atoms with van der Waals surface area (Å²) in [6.07, 6.45) is 2.03. The van der Waals surface area contributed by atoms with Gasteiger partial charge < -0.3 is 5.73 Å². The van der Waals surface area contributed by atoms with Crippen molar-refractivity contribution in [3.63, 3.8) is 0 Å². The molecule has 0 saturated carbocycles. The molecule has 0 fully saturated rings. The quantitative estimate of drug-likeness (QED) is 0.774. The van der Waals surface area contributed by atoms with E-state index >= 15 is 0 Å². The van der Waals surface area contributed by atoms with Gasteiger partial charge in [-0.1, -0.05) is 48.0 Å². The predicted molar refractivity (Wildman–Crippen MR) is 97.6 cm³/mol. The topological polar surface area (TPSA) is 41.3 Å². The summed E-state index contributed by atoms with van der Waals surface area (Å²) in [6.45, 7) is 0. The Labute approximate surface area is 145 Å². The molecule has 1 unspecified atom stereocenters. The lowest BCUT2D eigenvalue weighted by Crippen LogP contribution is -2.43. The van der Waals surface area contributed by atoms with E-state index < -0.39 is 0 Å². The van der Waals surface area contributed by atoms with Crippen molar-refractivity contribution >= 4 is 34.6 Å². The van der Waals surface area contributed by atoms with Crippen LogP contribution in [0.1, 0.15) is 29.2 Å². The van der Waals surface area contributed by atoms with Gasteiger partial charge in [-0.3, -0.25) is 10.4 Å². The zero-order valence-corrected chi connectivity index (χ0v) is 14.0. The van der Waals surface area contributed by atoms with Gasteiger partial charge in [0.05, 0.1) is 5.70 Å². The standard InChI is InChI=1S/C18H16ClN3S/c19-13-8-5-12(6-9-13)17-15-10-7-11-3-1-2-4-14(11)16(15)21-22(17)18(20)23/h1-6,8-9,17,21H,7,10H2,(H2,20,23). The van der Waals surface area contributed by atoms with Crippen LogP contribution >= 0.6 is 23.8 Å². The highest BCUT2D eigenvalue weighted by molar-refractivity contribution is 7.80. The minimum absolute atomic E-state index is 0.0214. The van der Waals surface area contributed by atoms with E-state index in [9.17, 15) is 0 Å². The van der Waals surface area contributed by atoms with Crippen molar-refractivity contribution in [1.29, 1.82) is 0 Å². The number of hydrogen-bond donors (Lipinski definition) is 2. The van der Waals surface area contributed by atoms with Crippen LogP contribution in [0.25, 0.3) is 5.70 Å². The monoisotopic (exact) mass is 341 g/mol. The maximum Gasteiger partial charge on any atom is 0.186 e. The van der Waals surface area contributed by atoms with Gasteiger partial charge in [-0.25, -0.2) is 0 Å². The highest BCUT2D eigenvalue weighted by Gasteiger charge is 2.37. The van der Waals surface area contributed by atoms with Crippen molar-refractivity contribution in [2.24, 2.45) is 5.73 Å². The lowest BCUT2D eigenvalue weighted by molar-refractivity contribution is 0.335. The average Bonchev–Trinajstić information content (AvgIpc) is 2.96. The van der Waals surface area contributed by atoms with Gasteiger partial charge in [-0.2, -0.15) is 0 Å². The van der Waals surface area contributed by atoms with Gasteiger partial charge >= 0.3 is 0 Å². The van der Waals surface area contributed by atoms with Gasteiger partial charge in [-0.05, 0) is 53.9 Å². The van der Waals surface area contributed by atoms with E-state index in [-0.39, 0.29) is 6.04 Å². The molecular weight excluding hydrogens is 326 g/mol. The van der Waals surface area contributed by atoms with Gasteiger partial charge in [0.15, 0.2) is 5.11 Å². The molecule has 1 aliphatic carbocycles. The molecule has 0 saturated heterocycles. The maximum atomic E-state index is 6.03. The first-order valence-electron chi connectivity index (χ1n) is 7.57. The number of hydrazine groups is 1. The first-order chi connectivity index (χ1) is 11.1. The summed E-state index contributed by atoms with van der Waals surface area (Å²) < 4.78 is 0. The highest BCUT2D eigenvalue weighted by atomic mass is 35.5. The van der Waals surface area contributed by atoms with Crippen LogP contribution in [0, 0.1) is 0 Å². The van der Waals surface area contributed by atoms with Gasteiger partial charge in [0.2, 0.25) is 0 Å². The van der Waals surface area contributed by atoms with Crippen molar-refractivity contribution in [3.05, 3.63) is 75.8 Å². The molecule has 2 aliphatic rings. The van der Waals surface area contributed by atoms with Crippen molar-refractivity contribution in [2.45, 2.75) is 18.9 Å². The highest BCUT2D eigenvalue weighted by Crippen LogP contribution is 2.43. The van der Waals surface area contributed by atoms with Crippen LogP contribution in [0.4, 0.5) is 0 Å². The third-order valence-corrected chi connectivity index (χ3v) is 4.96. The molecule has 0 amide bonds. The predicted octanol–water partition coefficient (Wildman–Crippen LogP) is 3.80. The third-order valence-electron chi connectivity index (χ3n) is 4.52. The number of nitrogens with zero attached hydrogens (tertiary/aromatic N) is 1. The lowest BCUT2D eigenvalue weighted by Gasteiger charge is -2.27. The second-order valence-corrected chi connectivity index (χ2v) is 6.69. The number of nitrogens with two attached hydrogens (primary N) is 1. The summed E-state index contributed by atoms with van der Waals surface area (Å²) in [5, 5.41) is 2.95. The molecule has 3 N–H and O–H groups in total. The molecule has 0 spiro atoms. The van der Waals surface area contributed by atoms with E-state index in [1.807, 2.05) is 29.3 Å². The number of fused-ring (bicyclic) bond motifs is 2. The van der Waals surface area contributed by atoms with Crippen molar-refractivity contribution in [3.8, 4) is 0 Å². The summed E-state index contributed by atoms with van der Waals surface area (Å²) in [5.74, 6) is 0. The Hall–Kier alpha value is -2.04. The van der Waals surface area contributed by atoms with E-state index in [1.165, 1.54) is 16.7 Å². The number of hydrogen-bond acceptors (Lipinski definition) is 2. The summed E-state index contributed by atoms with van der Waals surface area (Å²) in [6, 6.07) is 16.4. The zero-order valence-electron chi connectivity index (χ0n) is 12.4. The van der Waals surface area contributed by atoms with Crippen molar-refractivity contribution < 1.29 is 0 Å². The Bertz CT molecular complexity index is 813. The normalized spacial score (nSPS) is 19.2. The first kappa shape index (κ1) is 14.5. The van der Waals surface area contributed by atoms with E-state index in [4.69, 9.17) is 29.6 Å². The smallest absolute Gasteiger partial charge is 0.186 e. The number of rotatable bonds is 1. The van der Waals surface area contributed by atoms with Crippen LogP contribution in [-0.4, -0.2) is 10.1 Å². The molecule has 2 aromatic carbocycles. The molecule has 3 nitrogen and oxygen atoms in total. The number of nitrogens with one attached hydrogen (secondary N) is 1. The van der Waals surface area contributed by atoms with Crippen molar-refractivity contribution in [1.82, 2.24) is 10.4 Å². The van der Waals surface area contributed by atoms with E-state index in [0.717, 1.165) is 29.1 Å². The number of halogens is 1. The van der Waals surface area contributed by atoms with Gasteiger partial charge in [0.25, 0.3) is 0 Å². The first-order valence-corrected chi connectivity index (χ1v) is 8.36. The Kier molecular flexibility index (Phi) is 3.51. The van der Waals surface area contributed by atoms with Gasteiger partial charge in [0.1, 0.15) is 6.04 Å². The third kappa shape index (κ3) is 2.38. The number of benzene rings is 2. The zero-order chi connectivity index (χ0) is 16.0. The molecule has 0 radical (unpaired) electrons. The molecule has 0 aromatic heterocycles. The van der Waals surface area contributed by atoms with Crippen LogP contribution in [0.3, 0.4) is 0 Å². The summed E-state index contributed by atoms with van der Waals surface area (Å²) in [5.41, 5.74) is 15.6. The molecule has 0 bridgehead atoms. The van der Waals surface area contributed by atoms with Crippen LogP contribution in [0.5, 0.6) is 0 Å². The van der Waals surface area contributed by atoms with Crippen LogP contribution in [0.2, 0.25) is 5.02 Å². The summed E-state index contributed by atoms with van der Waals surface area (Å²) >= 11 is 11.3. The molecule has 1 aliphatic heterocycles. The van der Waals surface area contributed by atoms with Gasteiger partial charge in [0, 0.05) is 10.6 Å². The number of aryl methyl sites for hydroxylation is 1. The molecule has 1 atom stereocenters. The lowest BCUT2D eigenvalue weighted by atomic mass is 9.85. The minimum Gasteiger partial charge on any atom is -0.375 e. The Morgan fingerprint density at radius 2 is 1.87 bits per heavy atom. The minimum atomic E-state index is 0.0214. The number of thiocarbonyl (C=S) groups is 1. The molecule has 4 rings (SSSR count). The van der Waals surface area contributed by atoms with E-state index in [2.05, 4.69) is 29.7 Å². The molecule has 23 heavy (non-hydrogen) atoms. The molecule has 116 valence electrons. The Morgan fingerprint density at radius 3 is 2.61 bits per heavy atom. The van der Waals surface area contributed by atoms with E-state index in [1.54, 1.807) is 0 Å². The fraction of sp³-hybridized carbons (Fsp3) is 0.167. The SMILES string of the molecule is NC(=S)N1NC2=C(CCc3ccccc32)C1c1ccc(Cl)cc1. The molecule has 5 heteroatoms. The van der Waals surface area contributed by atoms with Crippen LogP contribution in [-0.2, 0) is 6.42 Å². The molecule has 2 aromatic rings. The van der Waals surface area contributed by atoms with Crippen LogP contribution in [0.15, 0.2) is 54.1 Å². The van der Waals surface area contributed by atoms with Gasteiger partial charge in [-0.15, -0.1) is 0 Å². The summed E-state index contributed by atoms with van der Waals surface area (Å²) in [4.78, 5) is 0. The maximum absolute atomic E-state index is 6.03. The second kappa shape index (κ2) is 5.55. The Balaban J connectivity index is 1.84. The van der Waals surface area contributed by atoms with Crippen molar-refractivity contribution in [2.75, 3.05) is 0 Å². The van der Waals surface area contributed by atoms with E-state index in [0.29, 0.717) is 5.11 Å².